The molecule has 1 fully saturated rings. The van der Waals surface area contributed by atoms with Crippen LogP contribution < -0.4 is 4.74 Å². The summed E-state index contributed by atoms with van der Waals surface area (Å²) in [7, 11) is 2.79. The number of aromatic nitrogens is 1. The molecular formula is C14H19NO4. The minimum atomic E-state index is -0.472. The molecule has 0 saturated heterocycles. The van der Waals surface area contributed by atoms with E-state index in [9.17, 15) is 9.90 Å². The lowest BCUT2D eigenvalue weighted by Crippen LogP contribution is -2.23. The Balaban J connectivity index is 2.30. The van der Waals surface area contributed by atoms with Crippen LogP contribution >= 0.6 is 0 Å². The fourth-order valence-electron chi connectivity index (χ4n) is 2.54. The van der Waals surface area contributed by atoms with E-state index in [2.05, 4.69) is 9.72 Å². The summed E-state index contributed by atoms with van der Waals surface area (Å²) in [4.78, 5) is 15.9. The van der Waals surface area contributed by atoms with Crippen molar-refractivity contribution in [2.45, 2.75) is 37.7 Å². The van der Waals surface area contributed by atoms with Gasteiger partial charge < -0.3 is 14.6 Å². The van der Waals surface area contributed by atoms with Crippen LogP contribution in [0.4, 0.5) is 0 Å². The Labute approximate surface area is 112 Å². The zero-order valence-corrected chi connectivity index (χ0v) is 11.3. The molecule has 1 aliphatic carbocycles. The van der Waals surface area contributed by atoms with Crippen molar-refractivity contribution < 1.29 is 19.4 Å². The number of hydrogen-bond acceptors (Lipinski definition) is 5. The Kier molecular flexibility index (Phi) is 4.37. The molecule has 2 unspecified atom stereocenters. The van der Waals surface area contributed by atoms with E-state index in [1.165, 1.54) is 14.2 Å². The van der Waals surface area contributed by atoms with E-state index in [0.29, 0.717) is 5.56 Å². The SMILES string of the molecule is COC(=O)c1ccc(C2CCCCC2O)nc1OC. The van der Waals surface area contributed by atoms with Crippen molar-refractivity contribution in [2.24, 2.45) is 0 Å². The first-order valence-electron chi connectivity index (χ1n) is 6.48. The van der Waals surface area contributed by atoms with Crippen molar-refractivity contribution in [3.8, 4) is 5.88 Å². The first-order valence-corrected chi connectivity index (χ1v) is 6.48. The summed E-state index contributed by atoms with van der Waals surface area (Å²) in [5.74, 6) is -0.198. The van der Waals surface area contributed by atoms with Crippen LogP contribution in [0.25, 0.3) is 0 Å². The number of carbonyl (C=O) groups is 1. The molecular weight excluding hydrogens is 246 g/mol. The first kappa shape index (κ1) is 13.8. The summed E-state index contributed by atoms with van der Waals surface area (Å²) in [5, 5.41) is 10.0. The van der Waals surface area contributed by atoms with Crippen LogP contribution in [0.2, 0.25) is 0 Å². The molecule has 0 radical (unpaired) electrons. The minimum absolute atomic E-state index is 0.0225. The molecule has 104 valence electrons. The standard InChI is InChI=1S/C14H19NO4/c1-18-13-10(14(17)19-2)7-8-11(15-13)9-5-3-4-6-12(9)16/h7-9,12,16H,3-6H2,1-2H3. The monoisotopic (exact) mass is 265 g/mol. The van der Waals surface area contributed by atoms with E-state index in [1.54, 1.807) is 12.1 Å². The highest BCUT2D eigenvalue weighted by Gasteiger charge is 2.27. The topological polar surface area (TPSA) is 68.7 Å². The Bertz CT molecular complexity index is 461. The number of methoxy groups -OCH3 is 2. The predicted octanol–water partition coefficient (Wildman–Crippen LogP) is 1.90. The van der Waals surface area contributed by atoms with Crippen LogP contribution in [-0.2, 0) is 4.74 Å². The molecule has 0 aliphatic heterocycles. The normalized spacial score (nSPS) is 22.9. The van der Waals surface area contributed by atoms with E-state index in [0.717, 1.165) is 31.4 Å². The number of carbonyl (C=O) groups excluding carboxylic acids is 1. The number of rotatable bonds is 3. The lowest BCUT2D eigenvalue weighted by Gasteiger charge is -2.27. The molecule has 2 rings (SSSR count). The molecule has 0 aromatic carbocycles. The maximum atomic E-state index is 11.6. The van der Waals surface area contributed by atoms with Crippen molar-refractivity contribution in [2.75, 3.05) is 14.2 Å². The Morgan fingerprint density at radius 1 is 1.32 bits per heavy atom. The van der Waals surface area contributed by atoms with Crippen LogP contribution in [0.3, 0.4) is 0 Å². The Morgan fingerprint density at radius 3 is 2.68 bits per heavy atom. The van der Waals surface area contributed by atoms with Gasteiger partial charge in [0.15, 0.2) is 0 Å². The number of ether oxygens (including phenoxy) is 2. The summed E-state index contributed by atoms with van der Waals surface area (Å²) in [6.07, 6.45) is 3.48. The van der Waals surface area contributed by atoms with Gasteiger partial charge in [0.1, 0.15) is 5.56 Å². The van der Waals surface area contributed by atoms with Crippen molar-refractivity contribution in [3.05, 3.63) is 23.4 Å². The van der Waals surface area contributed by atoms with Gasteiger partial charge in [0, 0.05) is 5.92 Å². The molecule has 1 heterocycles. The van der Waals surface area contributed by atoms with Crippen molar-refractivity contribution in [3.63, 3.8) is 0 Å². The molecule has 0 bridgehead atoms. The van der Waals surface area contributed by atoms with E-state index in [4.69, 9.17) is 4.74 Å². The Hall–Kier alpha value is -1.62. The van der Waals surface area contributed by atoms with Crippen LogP contribution in [0, 0.1) is 0 Å². The number of hydrogen-bond donors (Lipinski definition) is 1. The number of nitrogens with zero attached hydrogens (tertiary/aromatic N) is 1. The summed E-state index contributed by atoms with van der Waals surface area (Å²) >= 11 is 0. The maximum Gasteiger partial charge on any atom is 0.343 e. The highest BCUT2D eigenvalue weighted by atomic mass is 16.5. The highest BCUT2D eigenvalue weighted by Crippen LogP contribution is 2.33. The third-order valence-corrected chi connectivity index (χ3v) is 3.59. The summed E-state index contributed by atoms with van der Waals surface area (Å²) in [5.41, 5.74) is 1.08. The fraction of sp³-hybridized carbons (Fsp3) is 0.571. The minimum Gasteiger partial charge on any atom is -0.480 e. The van der Waals surface area contributed by atoms with Gasteiger partial charge in [-0.2, -0.15) is 0 Å². The quantitative estimate of drug-likeness (QED) is 0.845. The molecule has 0 spiro atoms. The molecule has 0 amide bonds. The molecule has 2 atom stereocenters. The van der Waals surface area contributed by atoms with Gasteiger partial charge in [0.25, 0.3) is 0 Å². The van der Waals surface area contributed by atoms with Gasteiger partial charge in [-0.05, 0) is 25.0 Å². The van der Waals surface area contributed by atoms with Gasteiger partial charge in [-0.1, -0.05) is 12.8 Å². The second kappa shape index (κ2) is 6.02. The zero-order valence-electron chi connectivity index (χ0n) is 11.3. The van der Waals surface area contributed by atoms with Gasteiger partial charge >= 0.3 is 5.97 Å². The molecule has 5 heteroatoms. The lowest BCUT2D eigenvalue weighted by atomic mass is 9.84. The number of pyridine rings is 1. The van der Waals surface area contributed by atoms with Crippen molar-refractivity contribution >= 4 is 5.97 Å². The zero-order chi connectivity index (χ0) is 13.8. The van der Waals surface area contributed by atoms with Crippen molar-refractivity contribution in [1.29, 1.82) is 0 Å². The summed E-state index contributed by atoms with van der Waals surface area (Å²) in [6.45, 7) is 0. The van der Waals surface area contributed by atoms with Crippen LogP contribution in [0.1, 0.15) is 47.7 Å². The van der Waals surface area contributed by atoms with Crippen LogP contribution in [-0.4, -0.2) is 36.4 Å². The molecule has 1 N–H and O–H groups in total. The predicted molar refractivity (Wildman–Crippen MR) is 69.3 cm³/mol. The highest BCUT2D eigenvalue weighted by molar-refractivity contribution is 5.91. The third-order valence-electron chi connectivity index (χ3n) is 3.59. The van der Waals surface area contributed by atoms with Gasteiger partial charge in [-0.25, -0.2) is 9.78 Å². The number of esters is 1. The molecule has 1 aromatic rings. The van der Waals surface area contributed by atoms with Gasteiger partial charge in [0.2, 0.25) is 5.88 Å². The van der Waals surface area contributed by atoms with Gasteiger partial charge in [-0.15, -0.1) is 0 Å². The van der Waals surface area contributed by atoms with E-state index >= 15 is 0 Å². The molecule has 1 aliphatic rings. The average molecular weight is 265 g/mol. The fourth-order valence-corrected chi connectivity index (χ4v) is 2.54. The Morgan fingerprint density at radius 2 is 2.05 bits per heavy atom. The second-order valence-electron chi connectivity index (χ2n) is 4.74. The molecule has 1 saturated carbocycles. The van der Waals surface area contributed by atoms with Crippen LogP contribution in [0.15, 0.2) is 12.1 Å². The smallest absolute Gasteiger partial charge is 0.343 e. The van der Waals surface area contributed by atoms with Crippen LogP contribution in [0.5, 0.6) is 5.88 Å². The third kappa shape index (κ3) is 2.87. The van der Waals surface area contributed by atoms with Gasteiger partial charge in [-0.3, -0.25) is 0 Å². The van der Waals surface area contributed by atoms with Crippen molar-refractivity contribution in [1.82, 2.24) is 4.98 Å². The lowest BCUT2D eigenvalue weighted by molar-refractivity contribution is 0.0596. The van der Waals surface area contributed by atoms with Gasteiger partial charge in [0.05, 0.1) is 26.0 Å². The maximum absolute atomic E-state index is 11.6. The molecule has 19 heavy (non-hydrogen) atoms. The average Bonchev–Trinajstić information content (AvgIpc) is 2.46. The largest absolute Gasteiger partial charge is 0.480 e. The van der Waals surface area contributed by atoms with E-state index < -0.39 is 5.97 Å². The number of aliphatic hydroxyl groups is 1. The van der Waals surface area contributed by atoms with E-state index in [-0.39, 0.29) is 17.9 Å². The molecule has 1 aromatic heterocycles. The molecule has 5 nitrogen and oxygen atoms in total. The summed E-state index contributed by atoms with van der Waals surface area (Å²) < 4.78 is 9.82. The second-order valence-corrected chi connectivity index (χ2v) is 4.74. The van der Waals surface area contributed by atoms with E-state index in [1.807, 2.05) is 0 Å². The first-order chi connectivity index (χ1) is 9.17. The number of aliphatic hydroxyl groups excluding tert-OH is 1. The summed E-state index contributed by atoms with van der Waals surface area (Å²) in [6, 6.07) is 3.42.